The molecule has 72 valence electrons. The number of fused-ring (bicyclic) bond motifs is 1. The van der Waals surface area contributed by atoms with Crippen molar-refractivity contribution in [1.82, 2.24) is 0 Å². The van der Waals surface area contributed by atoms with E-state index in [1.54, 1.807) is 18.3 Å². The van der Waals surface area contributed by atoms with Crippen LogP contribution in [0.1, 0.15) is 22.2 Å². The lowest BCUT2D eigenvalue weighted by Gasteiger charge is -1.95. The Balaban J connectivity index is 2.81. The minimum absolute atomic E-state index is 0.150. The Morgan fingerprint density at radius 2 is 2.14 bits per heavy atom. The summed E-state index contributed by atoms with van der Waals surface area (Å²) in [6.07, 6.45) is 0. The molecule has 1 nitrogen and oxygen atoms in total. The maximum atomic E-state index is 11.5. The van der Waals surface area contributed by atoms with Gasteiger partial charge in [0, 0.05) is 25.9 Å². The molecule has 2 rings (SSSR count). The van der Waals surface area contributed by atoms with Crippen molar-refractivity contribution in [2.75, 3.05) is 0 Å². The predicted octanol–water partition coefficient (Wildman–Crippen LogP) is 4.00. The lowest BCUT2D eigenvalue weighted by Crippen LogP contribution is -1.93. The Morgan fingerprint density at radius 1 is 1.43 bits per heavy atom. The van der Waals surface area contributed by atoms with Gasteiger partial charge in [0.05, 0.1) is 0 Å². The number of thiophene rings is 1. The number of hydrogen-bond donors (Lipinski definition) is 0. The van der Waals surface area contributed by atoms with E-state index in [1.165, 1.54) is 4.70 Å². The topological polar surface area (TPSA) is 17.1 Å². The van der Waals surface area contributed by atoms with Crippen LogP contribution in [0.15, 0.2) is 24.3 Å². The minimum atomic E-state index is 0.150. The van der Waals surface area contributed by atoms with Gasteiger partial charge in [-0.2, -0.15) is 0 Å². The van der Waals surface area contributed by atoms with E-state index < -0.39 is 0 Å². The average Bonchev–Trinajstić information content (AvgIpc) is 2.55. The first kappa shape index (κ1) is 9.87. The third-order valence-electron chi connectivity index (χ3n) is 2.14. The zero-order valence-electron chi connectivity index (χ0n) is 7.71. The molecule has 1 heterocycles. The van der Waals surface area contributed by atoms with Crippen LogP contribution >= 0.6 is 27.3 Å². The van der Waals surface area contributed by atoms with Gasteiger partial charge in [0.15, 0.2) is 5.78 Å². The Bertz CT molecular complexity index is 487. The molecule has 0 saturated heterocycles. The minimum Gasteiger partial charge on any atom is -0.294 e. The van der Waals surface area contributed by atoms with E-state index in [4.69, 9.17) is 0 Å². The molecular weight excluding hydrogens is 260 g/mol. The Morgan fingerprint density at radius 3 is 2.79 bits per heavy atom. The molecule has 0 aliphatic rings. The smallest absolute Gasteiger partial charge is 0.161 e. The van der Waals surface area contributed by atoms with Crippen LogP contribution in [0, 0.1) is 0 Å². The van der Waals surface area contributed by atoms with E-state index in [0.29, 0.717) is 0 Å². The number of rotatable bonds is 2. The van der Waals surface area contributed by atoms with Crippen LogP contribution in [-0.4, -0.2) is 5.78 Å². The van der Waals surface area contributed by atoms with Crippen LogP contribution in [0.25, 0.3) is 10.1 Å². The molecule has 0 fully saturated rings. The van der Waals surface area contributed by atoms with Gasteiger partial charge in [-0.05, 0) is 13.0 Å². The monoisotopic (exact) mass is 268 g/mol. The number of carbonyl (C=O) groups excluding carboxylic acids is 1. The van der Waals surface area contributed by atoms with E-state index in [0.717, 1.165) is 21.2 Å². The summed E-state index contributed by atoms with van der Waals surface area (Å²) in [5, 5.41) is 1.83. The molecule has 0 atom stereocenters. The summed E-state index contributed by atoms with van der Waals surface area (Å²) in [7, 11) is 0. The molecule has 1 aromatic heterocycles. The lowest BCUT2D eigenvalue weighted by molar-refractivity contribution is 0.101. The summed E-state index contributed by atoms with van der Waals surface area (Å²) in [5.41, 5.74) is 0.877. The van der Waals surface area contributed by atoms with Gasteiger partial charge in [-0.15, -0.1) is 11.3 Å². The van der Waals surface area contributed by atoms with Crippen LogP contribution in [0.3, 0.4) is 0 Å². The second-order valence-electron chi connectivity index (χ2n) is 3.09. The van der Waals surface area contributed by atoms with Gasteiger partial charge in [0.2, 0.25) is 0 Å². The largest absolute Gasteiger partial charge is 0.294 e. The van der Waals surface area contributed by atoms with Gasteiger partial charge < -0.3 is 0 Å². The molecule has 2 aromatic rings. The molecule has 0 amide bonds. The molecule has 0 radical (unpaired) electrons. The van der Waals surface area contributed by atoms with E-state index >= 15 is 0 Å². The molecule has 0 aliphatic heterocycles. The average molecular weight is 269 g/mol. The number of benzene rings is 1. The number of halogens is 1. The molecule has 0 N–H and O–H groups in total. The molecular formula is C11H9BrOS. The summed E-state index contributed by atoms with van der Waals surface area (Å²) in [6, 6.07) is 8.04. The first-order valence-corrected chi connectivity index (χ1v) is 6.25. The fourth-order valence-corrected chi connectivity index (χ4v) is 3.30. The van der Waals surface area contributed by atoms with E-state index in [1.807, 2.05) is 18.2 Å². The summed E-state index contributed by atoms with van der Waals surface area (Å²) in [4.78, 5) is 12.6. The van der Waals surface area contributed by atoms with Crippen molar-refractivity contribution in [1.29, 1.82) is 0 Å². The zero-order valence-corrected chi connectivity index (χ0v) is 10.1. The normalized spacial score (nSPS) is 10.7. The molecule has 1 aromatic carbocycles. The quantitative estimate of drug-likeness (QED) is 0.595. The number of alkyl halides is 1. The van der Waals surface area contributed by atoms with Crippen LogP contribution in [-0.2, 0) is 5.33 Å². The number of hydrogen-bond acceptors (Lipinski definition) is 2. The van der Waals surface area contributed by atoms with Crippen molar-refractivity contribution in [3.05, 3.63) is 34.7 Å². The number of Topliss-reactive ketones (excluding diaryl/α,β-unsaturated/α-hetero) is 1. The third kappa shape index (κ3) is 1.51. The number of ketones is 1. The van der Waals surface area contributed by atoms with Crippen LogP contribution in [0.2, 0.25) is 0 Å². The van der Waals surface area contributed by atoms with E-state index in [9.17, 15) is 4.79 Å². The molecule has 0 aliphatic carbocycles. The van der Waals surface area contributed by atoms with Gasteiger partial charge in [-0.1, -0.05) is 34.1 Å². The van der Waals surface area contributed by atoms with Crippen molar-refractivity contribution < 1.29 is 4.79 Å². The predicted molar refractivity (Wildman–Crippen MR) is 64.5 cm³/mol. The molecule has 0 saturated carbocycles. The van der Waals surface area contributed by atoms with Gasteiger partial charge in [-0.25, -0.2) is 0 Å². The van der Waals surface area contributed by atoms with Gasteiger partial charge in [0.25, 0.3) is 0 Å². The third-order valence-corrected chi connectivity index (χ3v) is 4.24. The first-order chi connectivity index (χ1) is 6.74. The van der Waals surface area contributed by atoms with Gasteiger partial charge in [0.1, 0.15) is 0 Å². The molecule has 3 heteroatoms. The van der Waals surface area contributed by atoms with Gasteiger partial charge >= 0.3 is 0 Å². The van der Waals surface area contributed by atoms with Crippen LogP contribution in [0.5, 0.6) is 0 Å². The summed E-state index contributed by atoms with van der Waals surface area (Å²) < 4.78 is 1.19. The fraction of sp³-hybridized carbons (Fsp3) is 0.182. The highest BCUT2D eigenvalue weighted by atomic mass is 79.9. The highest BCUT2D eigenvalue weighted by Crippen LogP contribution is 2.32. The maximum absolute atomic E-state index is 11.5. The molecule has 0 bridgehead atoms. The lowest BCUT2D eigenvalue weighted by atomic mass is 10.1. The Hall–Kier alpha value is -0.670. The van der Waals surface area contributed by atoms with E-state index in [-0.39, 0.29) is 5.78 Å². The maximum Gasteiger partial charge on any atom is 0.161 e. The fourth-order valence-electron chi connectivity index (χ4n) is 1.58. The number of carbonyl (C=O) groups is 1. The van der Waals surface area contributed by atoms with Crippen molar-refractivity contribution in [3.8, 4) is 0 Å². The second-order valence-corrected chi connectivity index (χ2v) is 4.78. The summed E-state index contributed by atoms with van der Waals surface area (Å²) >= 11 is 5.10. The SMILES string of the molecule is CC(=O)c1c(CBr)sc2ccccc12. The highest BCUT2D eigenvalue weighted by molar-refractivity contribution is 9.08. The van der Waals surface area contributed by atoms with Gasteiger partial charge in [-0.3, -0.25) is 4.79 Å². The molecule has 14 heavy (non-hydrogen) atoms. The second kappa shape index (κ2) is 3.83. The van der Waals surface area contributed by atoms with Crippen molar-refractivity contribution in [2.45, 2.75) is 12.3 Å². The summed E-state index contributed by atoms with van der Waals surface area (Å²) in [5.74, 6) is 0.150. The van der Waals surface area contributed by atoms with Crippen LogP contribution < -0.4 is 0 Å². The van der Waals surface area contributed by atoms with Crippen molar-refractivity contribution >= 4 is 43.1 Å². The van der Waals surface area contributed by atoms with Crippen LogP contribution in [0.4, 0.5) is 0 Å². The Labute approximate surface area is 94.9 Å². The zero-order chi connectivity index (χ0) is 10.1. The summed E-state index contributed by atoms with van der Waals surface area (Å²) in [6.45, 7) is 1.63. The molecule has 0 unspecified atom stereocenters. The Kier molecular flexibility index (Phi) is 2.70. The van der Waals surface area contributed by atoms with Crippen molar-refractivity contribution in [2.24, 2.45) is 0 Å². The van der Waals surface area contributed by atoms with Crippen molar-refractivity contribution in [3.63, 3.8) is 0 Å². The highest BCUT2D eigenvalue weighted by Gasteiger charge is 2.13. The first-order valence-electron chi connectivity index (χ1n) is 4.31. The molecule has 0 spiro atoms. The standard InChI is InChI=1S/C11H9BrOS/c1-7(13)11-8-4-2-3-5-9(8)14-10(11)6-12/h2-5H,6H2,1H3. The van der Waals surface area contributed by atoms with E-state index in [2.05, 4.69) is 22.0 Å².